The van der Waals surface area contributed by atoms with Crippen LogP contribution >= 0.6 is 12.4 Å². The third-order valence-corrected chi connectivity index (χ3v) is 3.77. The molecule has 1 saturated heterocycles. The zero-order chi connectivity index (χ0) is 15.2. The molecule has 0 bridgehead atoms. The van der Waals surface area contributed by atoms with Crippen LogP contribution in [0.15, 0.2) is 54.6 Å². The summed E-state index contributed by atoms with van der Waals surface area (Å²) >= 11 is 0. The Bertz CT molecular complexity index is 611. The van der Waals surface area contributed by atoms with Gasteiger partial charge in [0.1, 0.15) is 11.5 Å². The number of anilines is 1. The molecule has 1 aliphatic heterocycles. The second-order valence-electron chi connectivity index (χ2n) is 5.47. The largest absolute Gasteiger partial charge is 0.457 e. The number of para-hydroxylation sites is 1. The fraction of sp³-hybridized carbons (Fsp3) is 0.278. The van der Waals surface area contributed by atoms with Crippen LogP contribution in [-0.4, -0.2) is 19.0 Å². The highest BCUT2D eigenvalue weighted by Crippen LogP contribution is 2.23. The zero-order valence-corrected chi connectivity index (χ0v) is 13.6. The van der Waals surface area contributed by atoms with Gasteiger partial charge in [-0.2, -0.15) is 0 Å². The third kappa shape index (κ3) is 4.98. The van der Waals surface area contributed by atoms with Gasteiger partial charge in [0.25, 0.3) is 0 Å². The van der Waals surface area contributed by atoms with Crippen molar-refractivity contribution in [1.29, 1.82) is 0 Å². The van der Waals surface area contributed by atoms with Crippen molar-refractivity contribution in [2.45, 2.75) is 12.8 Å². The van der Waals surface area contributed by atoms with E-state index in [0.29, 0.717) is 0 Å². The molecule has 1 atom stereocenters. The molecule has 1 fully saturated rings. The topological polar surface area (TPSA) is 50.4 Å². The smallest absolute Gasteiger partial charge is 0.228 e. The van der Waals surface area contributed by atoms with Gasteiger partial charge in [-0.15, -0.1) is 12.4 Å². The predicted molar refractivity (Wildman–Crippen MR) is 94.4 cm³/mol. The lowest BCUT2D eigenvalue weighted by Crippen LogP contribution is -2.37. The minimum Gasteiger partial charge on any atom is -0.457 e. The molecule has 3 rings (SSSR count). The van der Waals surface area contributed by atoms with E-state index in [1.165, 1.54) is 0 Å². The first-order chi connectivity index (χ1) is 10.8. The summed E-state index contributed by atoms with van der Waals surface area (Å²) in [5, 5.41) is 6.23. The number of hydrogen-bond donors (Lipinski definition) is 2. The highest BCUT2D eigenvalue weighted by molar-refractivity contribution is 5.92. The number of halogens is 1. The van der Waals surface area contributed by atoms with E-state index in [0.717, 1.165) is 43.1 Å². The van der Waals surface area contributed by atoms with Crippen molar-refractivity contribution in [2.75, 3.05) is 18.4 Å². The van der Waals surface area contributed by atoms with Crippen LogP contribution in [0.2, 0.25) is 0 Å². The van der Waals surface area contributed by atoms with Crippen LogP contribution in [0.1, 0.15) is 12.8 Å². The van der Waals surface area contributed by atoms with Crippen molar-refractivity contribution in [3.8, 4) is 11.5 Å². The number of carbonyl (C=O) groups is 1. The van der Waals surface area contributed by atoms with Crippen molar-refractivity contribution in [2.24, 2.45) is 5.92 Å². The quantitative estimate of drug-likeness (QED) is 0.894. The normalized spacial score (nSPS) is 17.0. The first-order valence-corrected chi connectivity index (χ1v) is 7.66. The molecule has 0 unspecified atom stereocenters. The maximum atomic E-state index is 12.2. The predicted octanol–water partition coefficient (Wildman–Crippen LogP) is 3.84. The average molecular weight is 333 g/mol. The molecule has 2 aromatic carbocycles. The summed E-state index contributed by atoms with van der Waals surface area (Å²) < 4.78 is 5.73. The van der Waals surface area contributed by atoms with E-state index < -0.39 is 0 Å². The van der Waals surface area contributed by atoms with E-state index in [1.807, 2.05) is 54.6 Å². The Hall–Kier alpha value is -2.04. The van der Waals surface area contributed by atoms with Crippen LogP contribution in [0.25, 0.3) is 0 Å². The van der Waals surface area contributed by atoms with Gasteiger partial charge in [0.15, 0.2) is 0 Å². The molecule has 0 saturated carbocycles. The summed E-state index contributed by atoms with van der Waals surface area (Å²) in [6.45, 7) is 1.77. The number of piperidine rings is 1. The standard InChI is InChI=1S/C18H20N2O2.ClH/c21-18(14-5-4-12-19-13-14)20-15-8-10-17(11-9-15)22-16-6-2-1-3-7-16;/h1-3,6-11,14,19H,4-5,12-13H2,(H,20,21);1H/t14-;/m1./s1. The second-order valence-corrected chi connectivity index (χ2v) is 5.47. The van der Waals surface area contributed by atoms with Crippen LogP contribution in [0.3, 0.4) is 0 Å². The number of nitrogens with one attached hydrogen (secondary N) is 2. The van der Waals surface area contributed by atoms with Crippen molar-refractivity contribution < 1.29 is 9.53 Å². The molecule has 23 heavy (non-hydrogen) atoms. The molecule has 2 N–H and O–H groups in total. The minimum absolute atomic E-state index is 0. The Balaban J connectivity index is 0.00000192. The van der Waals surface area contributed by atoms with Crippen LogP contribution in [0.4, 0.5) is 5.69 Å². The SMILES string of the molecule is Cl.O=C(Nc1ccc(Oc2ccccc2)cc1)[C@@H]1CCCNC1. The van der Waals surface area contributed by atoms with Crippen LogP contribution in [0.5, 0.6) is 11.5 Å². The molecule has 0 aliphatic carbocycles. The molecular formula is C18H21ClN2O2. The van der Waals surface area contributed by atoms with Gasteiger partial charge in [-0.05, 0) is 55.8 Å². The van der Waals surface area contributed by atoms with E-state index in [9.17, 15) is 4.79 Å². The van der Waals surface area contributed by atoms with Crippen molar-refractivity contribution >= 4 is 24.0 Å². The van der Waals surface area contributed by atoms with Gasteiger partial charge < -0.3 is 15.4 Å². The van der Waals surface area contributed by atoms with E-state index in [4.69, 9.17) is 4.74 Å². The van der Waals surface area contributed by atoms with Gasteiger partial charge in [-0.25, -0.2) is 0 Å². The van der Waals surface area contributed by atoms with Crippen molar-refractivity contribution in [1.82, 2.24) is 5.32 Å². The highest BCUT2D eigenvalue weighted by atomic mass is 35.5. The average Bonchev–Trinajstić information content (AvgIpc) is 2.58. The molecule has 1 amide bonds. The molecule has 1 aliphatic rings. The second kappa shape index (κ2) is 8.56. The van der Waals surface area contributed by atoms with Gasteiger partial charge in [0, 0.05) is 12.2 Å². The fourth-order valence-electron chi connectivity index (χ4n) is 2.55. The third-order valence-electron chi connectivity index (χ3n) is 3.77. The van der Waals surface area contributed by atoms with Gasteiger partial charge >= 0.3 is 0 Å². The summed E-state index contributed by atoms with van der Waals surface area (Å²) in [4.78, 5) is 12.2. The van der Waals surface area contributed by atoms with E-state index in [2.05, 4.69) is 10.6 Å². The maximum Gasteiger partial charge on any atom is 0.228 e. The van der Waals surface area contributed by atoms with Crippen LogP contribution in [-0.2, 0) is 4.79 Å². The summed E-state index contributed by atoms with van der Waals surface area (Å²) in [6, 6.07) is 17.1. The summed E-state index contributed by atoms with van der Waals surface area (Å²) in [5.41, 5.74) is 0.802. The molecule has 1 heterocycles. The van der Waals surface area contributed by atoms with Gasteiger partial charge in [-0.3, -0.25) is 4.79 Å². The number of benzene rings is 2. The highest BCUT2D eigenvalue weighted by Gasteiger charge is 2.20. The Kier molecular flexibility index (Phi) is 6.44. The lowest BCUT2D eigenvalue weighted by atomic mass is 9.99. The van der Waals surface area contributed by atoms with Crippen LogP contribution in [0, 0.1) is 5.92 Å². The summed E-state index contributed by atoms with van der Waals surface area (Å²) in [6.07, 6.45) is 2.01. The monoisotopic (exact) mass is 332 g/mol. The molecule has 5 heteroatoms. The zero-order valence-electron chi connectivity index (χ0n) is 12.8. The fourth-order valence-corrected chi connectivity index (χ4v) is 2.55. The van der Waals surface area contributed by atoms with E-state index in [-0.39, 0.29) is 24.2 Å². The molecular weight excluding hydrogens is 312 g/mol. The van der Waals surface area contributed by atoms with Crippen molar-refractivity contribution in [3.63, 3.8) is 0 Å². The molecule has 0 aromatic heterocycles. The lowest BCUT2D eigenvalue weighted by Gasteiger charge is -2.21. The molecule has 0 spiro atoms. The number of hydrogen-bond acceptors (Lipinski definition) is 3. The van der Waals surface area contributed by atoms with Gasteiger partial charge in [-0.1, -0.05) is 18.2 Å². The molecule has 0 radical (unpaired) electrons. The Labute approximate surface area is 142 Å². The first kappa shape index (κ1) is 17.3. The number of ether oxygens (including phenoxy) is 1. The molecule has 122 valence electrons. The Morgan fingerprint density at radius 2 is 1.74 bits per heavy atom. The first-order valence-electron chi connectivity index (χ1n) is 7.66. The number of rotatable bonds is 4. The lowest BCUT2D eigenvalue weighted by molar-refractivity contribution is -0.120. The van der Waals surface area contributed by atoms with E-state index in [1.54, 1.807) is 0 Å². The number of carbonyl (C=O) groups excluding carboxylic acids is 1. The number of amides is 1. The van der Waals surface area contributed by atoms with Gasteiger partial charge in [0.05, 0.1) is 5.92 Å². The van der Waals surface area contributed by atoms with E-state index >= 15 is 0 Å². The molecule has 4 nitrogen and oxygen atoms in total. The molecule has 2 aromatic rings. The summed E-state index contributed by atoms with van der Waals surface area (Å²) in [7, 11) is 0. The Morgan fingerprint density at radius 1 is 1.04 bits per heavy atom. The minimum atomic E-state index is 0. The Morgan fingerprint density at radius 3 is 2.39 bits per heavy atom. The summed E-state index contributed by atoms with van der Waals surface area (Å²) in [5.74, 6) is 1.70. The van der Waals surface area contributed by atoms with Crippen molar-refractivity contribution in [3.05, 3.63) is 54.6 Å². The van der Waals surface area contributed by atoms with Crippen LogP contribution < -0.4 is 15.4 Å². The van der Waals surface area contributed by atoms with Gasteiger partial charge in [0.2, 0.25) is 5.91 Å². The maximum absolute atomic E-state index is 12.2.